The Kier molecular flexibility index (Phi) is 5.28. The Labute approximate surface area is 108 Å². The summed E-state index contributed by atoms with van der Waals surface area (Å²) in [6, 6.07) is 4.97. The van der Waals surface area contributed by atoms with E-state index < -0.39 is 0 Å². The highest BCUT2D eigenvalue weighted by Crippen LogP contribution is 2.11. The molecule has 0 aliphatic rings. The number of rotatable bonds is 5. The van der Waals surface area contributed by atoms with Gasteiger partial charge in [0.1, 0.15) is 5.82 Å². The van der Waals surface area contributed by atoms with E-state index >= 15 is 0 Å². The Balaban J connectivity index is 2.59. The van der Waals surface area contributed by atoms with E-state index in [4.69, 9.17) is 5.73 Å². The lowest BCUT2D eigenvalue weighted by atomic mass is 9.95. The molecule has 1 rings (SSSR count). The van der Waals surface area contributed by atoms with Crippen molar-refractivity contribution in [3.63, 3.8) is 0 Å². The molecule has 0 radical (unpaired) electrons. The van der Waals surface area contributed by atoms with Crippen LogP contribution >= 0.6 is 0 Å². The Morgan fingerprint density at radius 3 is 2.61 bits per heavy atom. The van der Waals surface area contributed by atoms with Crippen molar-refractivity contribution in [2.45, 2.75) is 27.3 Å². The van der Waals surface area contributed by atoms with Gasteiger partial charge in [-0.15, -0.1) is 0 Å². The molecular formula is C14H21FN2O. The molecule has 0 aliphatic carbocycles. The number of hydrogen-bond donors (Lipinski definition) is 2. The lowest BCUT2D eigenvalue weighted by Gasteiger charge is -2.18. The maximum absolute atomic E-state index is 13.3. The molecular weight excluding hydrogens is 231 g/mol. The zero-order chi connectivity index (χ0) is 13.7. The van der Waals surface area contributed by atoms with Crippen molar-refractivity contribution in [1.82, 2.24) is 5.32 Å². The highest BCUT2D eigenvalue weighted by molar-refractivity contribution is 5.79. The van der Waals surface area contributed by atoms with Gasteiger partial charge >= 0.3 is 0 Å². The molecule has 4 heteroatoms. The molecule has 0 heterocycles. The van der Waals surface area contributed by atoms with Crippen LogP contribution in [0.15, 0.2) is 18.2 Å². The highest BCUT2D eigenvalue weighted by atomic mass is 19.1. The summed E-state index contributed by atoms with van der Waals surface area (Å²) >= 11 is 0. The van der Waals surface area contributed by atoms with Gasteiger partial charge in [-0.1, -0.05) is 26.0 Å². The molecule has 0 aliphatic heterocycles. The molecule has 1 unspecified atom stereocenters. The molecule has 100 valence electrons. The molecule has 0 bridgehead atoms. The number of carbonyl (C=O) groups excluding carboxylic acids is 1. The third-order valence-electron chi connectivity index (χ3n) is 3.10. The zero-order valence-electron chi connectivity index (χ0n) is 11.2. The summed E-state index contributed by atoms with van der Waals surface area (Å²) in [5.41, 5.74) is 6.93. The normalized spacial score (nSPS) is 12.6. The van der Waals surface area contributed by atoms with E-state index in [1.54, 1.807) is 13.0 Å². The van der Waals surface area contributed by atoms with Crippen molar-refractivity contribution in [3.05, 3.63) is 35.1 Å². The number of nitrogens with one attached hydrogen (secondary N) is 1. The predicted molar refractivity (Wildman–Crippen MR) is 70.4 cm³/mol. The number of halogens is 1. The SMILES string of the molecule is Cc1ccc(CNC(=O)C(CN)C(C)C)cc1F. The molecule has 3 nitrogen and oxygen atoms in total. The molecule has 0 saturated carbocycles. The van der Waals surface area contributed by atoms with Crippen molar-refractivity contribution < 1.29 is 9.18 Å². The second kappa shape index (κ2) is 6.50. The van der Waals surface area contributed by atoms with Crippen LogP contribution in [0.5, 0.6) is 0 Å². The second-order valence-electron chi connectivity index (χ2n) is 4.89. The Morgan fingerprint density at radius 2 is 2.11 bits per heavy atom. The third kappa shape index (κ3) is 3.81. The van der Waals surface area contributed by atoms with Crippen LogP contribution in [0.3, 0.4) is 0 Å². The van der Waals surface area contributed by atoms with Crippen molar-refractivity contribution >= 4 is 5.91 Å². The summed E-state index contributed by atoms with van der Waals surface area (Å²) in [6.07, 6.45) is 0. The van der Waals surface area contributed by atoms with E-state index in [1.807, 2.05) is 19.9 Å². The fourth-order valence-corrected chi connectivity index (χ4v) is 1.75. The molecule has 18 heavy (non-hydrogen) atoms. The first-order chi connectivity index (χ1) is 8.45. The zero-order valence-corrected chi connectivity index (χ0v) is 11.2. The van der Waals surface area contributed by atoms with Crippen LogP contribution in [0, 0.1) is 24.6 Å². The summed E-state index contributed by atoms with van der Waals surface area (Å²) in [5, 5.41) is 2.79. The predicted octanol–water partition coefficient (Wildman–Crippen LogP) is 1.98. The van der Waals surface area contributed by atoms with Crippen molar-refractivity contribution in [2.24, 2.45) is 17.6 Å². The minimum atomic E-state index is -0.249. The van der Waals surface area contributed by atoms with Gasteiger partial charge in [0.15, 0.2) is 0 Å². The van der Waals surface area contributed by atoms with Crippen LogP contribution in [0.2, 0.25) is 0 Å². The Bertz CT molecular complexity index is 418. The maximum atomic E-state index is 13.3. The number of nitrogens with two attached hydrogens (primary N) is 1. The van der Waals surface area contributed by atoms with Gasteiger partial charge in [-0.25, -0.2) is 4.39 Å². The molecule has 1 aromatic rings. The molecule has 0 saturated heterocycles. The second-order valence-corrected chi connectivity index (χ2v) is 4.89. The lowest BCUT2D eigenvalue weighted by molar-refractivity contribution is -0.126. The van der Waals surface area contributed by atoms with Gasteiger partial charge in [-0.2, -0.15) is 0 Å². The topological polar surface area (TPSA) is 55.1 Å². The monoisotopic (exact) mass is 252 g/mol. The van der Waals surface area contributed by atoms with Crippen LogP contribution in [0.25, 0.3) is 0 Å². The lowest BCUT2D eigenvalue weighted by Crippen LogP contribution is -2.37. The summed E-state index contributed by atoms with van der Waals surface area (Å²) < 4.78 is 13.3. The smallest absolute Gasteiger partial charge is 0.224 e. The first-order valence-electron chi connectivity index (χ1n) is 6.18. The van der Waals surface area contributed by atoms with Crippen LogP contribution in [0.4, 0.5) is 4.39 Å². The van der Waals surface area contributed by atoms with Gasteiger partial charge < -0.3 is 11.1 Å². The first-order valence-corrected chi connectivity index (χ1v) is 6.18. The molecule has 1 aromatic carbocycles. The largest absolute Gasteiger partial charge is 0.352 e. The van der Waals surface area contributed by atoms with E-state index in [0.717, 1.165) is 5.56 Å². The molecule has 1 atom stereocenters. The van der Waals surface area contributed by atoms with Gasteiger partial charge in [-0.3, -0.25) is 4.79 Å². The molecule has 0 spiro atoms. The average molecular weight is 252 g/mol. The van der Waals surface area contributed by atoms with Gasteiger partial charge in [0.25, 0.3) is 0 Å². The van der Waals surface area contributed by atoms with E-state index in [0.29, 0.717) is 18.7 Å². The van der Waals surface area contributed by atoms with Gasteiger partial charge in [0.05, 0.1) is 5.92 Å². The van der Waals surface area contributed by atoms with Crippen molar-refractivity contribution in [3.8, 4) is 0 Å². The Hall–Kier alpha value is -1.42. The number of amides is 1. The minimum absolute atomic E-state index is 0.0755. The number of carbonyl (C=O) groups is 1. The maximum Gasteiger partial charge on any atom is 0.224 e. The first kappa shape index (κ1) is 14.6. The summed E-state index contributed by atoms with van der Waals surface area (Å²) in [5.74, 6) is -0.320. The van der Waals surface area contributed by atoms with Crippen LogP contribution < -0.4 is 11.1 Å². The van der Waals surface area contributed by atoms with Crippen LogP contribution in [-0.4, -0.2) is 12.5 Å². The van der Waals surface area contributed by atoms with E-state index in [-0.39, 0.29) is 23.6 Å². The molecule has 0 fully saturated rings. The summed E-state index contributed by atoms with van der Waals surface area (Å²) in [4.78, 5) is 11.9. The van der Waals surface area contributed by atoms with E-state index in [1.165, 1.54) is 6.07 Å². The van der Waals surface area contributed by atoms with Gasteiger partial charge in [-0.05, 0) is 30.0 Å². The standard InChI is InChI=1S/C14H21FN2O/c1-9(2)12(7-16)14(18)17-8-11-5-4-10(3)13(15)6-11/h4-6,9,12H,7-8,16H2,1-3H3,(H,17,18). The third-order valence-corrected chi connectivity index (χ3v) is 3.10. The molecule has 1 amide bonds. The minimum Gasteiger partial charge on any atom is -0.352 e. The van der Waals surface area contributed by atoms with Crippen molar-refractivity contribution in [2.75, 3.05) is 6.54 Å². The molecule has 3 N–H and O–H groups in total. The Morgan fingerprint density at radius 1 is 1.44 bits per heavy atom. The van der Waals surface area contributed by atoms with Crippen LogP contribution in [-0.2, 0) is 11.3 Å². The molecule has 0 aromatic heterocycles. The van der Waals surface area contributed by atoms with Crippen LogP contribution in [0.1, 0.15) is 25.0 Å². The summed E-state index contributed by atoms with van der Waals surface area (Å²) in [7, 11) is 0. The van der Waals surface area contributed by atoms with E-state index in [9.17, 15) is 9.18 Å². The summed E-state index contributed by atoms with van der Waals surface area (Å²) in [6.45, 7) is 6.29. The quantitative estimate of drug-likeness (QED) is 0.842. The number of hydrogen-bond acceptors (Lipinski definition) is 2. The number of aryl methyl sites for hydroxylation is 1. The van der Waals surface area contributed by atoms with E-state index in [2.05, 4.69) is 5.32 Å². The number of benzene rings is 1. The van der Waals surface area contributed by atoms with Gasteiger partial charge in [0, 0.05) is 13.1 Å². The highest BCUT2D eigenvalue weighted by Gasteiger charge is 2.19. The fourth-order valence-electron chi connectivity index (χ4n) is 1.75. The fraction of sp³-hybridized carbons (Fsp3) is 0.500. The average Bonchev–Trinajstić information content (AvgIpc) is 2.31. The van der Waals surface area contributed by atoms with Crippen molar-refractivity contribution in [1.29, 1.82) is 0 Å². The van der Waals surface area contributed by atoms with Gasteiger partial charge in [0.2, 0.25) is 5.91 Å².